The Morgan fingerprint density at radius 2 is 1.93 bits per heavy atom. The molecule has 0 saturated carbocycles. The molecular weight excluding hydrogens is 669 g/mol. The zero-order chi connectivity index (χ0) is 30.8. The fourth-order valence-corrected chi connectivity index (χ4v) is 12.2. The van der Waals surface area contributed by atoms with Gasteiger partial charge in [0.25, 0.3) is 8.32 Å². The number of ether oxygens (including phenoxy) is 2. The van der Waals surface area contributed by atoms with E-state index in [0.29, 0.717) is 31.1 Å². The second-order valence-corrected chi connectivity index (χ2v) is 16.7. The van der Waals surface area contributed by atoms with E-state index in [1.165, 1.54) is 22.3 Å². The fourth-order valence-electron chi connectivity index (χ4n) is 6.35. The van der Waals surface area contributed by atoms with Gasteiger partial charge < -0.3 is 29.1 Å². The molecule has 4 atom stereocenters. The molecule has 5 rings (SSSR count). The molecule has 0 bridgehead atoms. The van der Waals surface area contributed by atoms with Crippen LogP contribution in [0.2, 0.25) is 0 Å². The van der Waals surface area contributed by atoms with Crippen molar-refractivity contribution in [2.45, 2.75) is 43.7 Å². The summed E-state index contributed by atoms with van der Waals surface area (Å²) in [6.07, 6.45) is 6.57. The molecule has 2 aliphatic heterocycles. The van der Waals surface area contributed by atoms with Crippen LogP contribution < -0.4 is 16.1 Å². The first-order valence-corrected chi connectivity index (χ1v) is 17.4. The van der Waals surface area contributed by atoms with Gasteiger partial charge in [0.2, 0.25) is 0 Å². The van der Waals surface area contributed by atoms with E-state index in [1.807, 2.05) is 29.8 Å². The quantitative estimate of drug-likeness (QED) is 0.0967. The molecule has 0 spiro atoms. The lowest BCUT2D eigenvalue weighted by molar-refractivity contribution is -0.0537. The Morgan fingerprint density at radius 1 is 1.21 bits per heavy atom. The maximum absolute atomic E-state index is 7.18. The summed E-state index contributed by atoms with van der Waals surface area (Å²) in [5.74, 6) is 0.644. The summed E-state index contributed by atoms with van der Waals surface area (Å²) in [6, 6.07) is 19.4. The van der Waals surface area contributed by atoms with Crippen LogP contribution in [0.3, 0.4) is 0 Å². The van der Waals surface area contributed by atoms with Crippen LogP contribution in [-0.4, -0.2) is 70.0 Å². The van der Waals surface area contributed by atoms with Gasteiger partial charge in [-0.05, 0) is 38.5 Å². The van der Waals surface area contributed by atoms with Crippen molar-refractivity contribution in [3.63, 3.8) is 0 Å². The minimum absolute atomic E-state index is 0.109. The molecule has 0 radical (unpaired) electrons. The van der Waals surface area contributed by atoms with E-state index < -0.39 is 8.32 Å². The second-order valence-electron chi connectivity index (χ2n) is 11.6. The summed E-state index contributed by atoms with van der Waals surface area (Å²) >= 11 is 2.29. The lowest BCUT2D eigenvalue weighted by atomic mass is 10.0. The Kier molecular flexibility index (Phi) is 9.42. The highest BCUT2D eigenvalue weighted by atomic mass is 127. The van der Waals surface area contributed by atoms with Crippen LogP contribution in [-0.2, 0) is 18.9 Å². The largest absolute Gasteiger partial charge is 0.404 e. The third kappa shape index (κ3) is 5.66. The van der Waals surface area contributed by atoms with Crippen LogP contribution >= 0.6 is 22.6 Å². The van der Waals surface area contributed by atoms with Crippen molar-refractivity contribution in [3.05, 3.63) is 94.7 Å². The van der Waals surface area contributed by atoms with E-state index in [0.717, 1.165) is 9.13 Å². The molecule has 1 fully saturated rings. The number of aromatic nitrogens is 1. The molecule has 0 aliphatic carbocycles. The first-order valence-electron chi connectivity index (χ1n) is 14.4. The monoisotopic (exact) mass is 709 g/mol. The smallest absolute Gasteiger partial charge is 0.266 e. The van der Waals surface area contributed by atoms with Gasteiger partial charge in [0.05, 0.1) is 43.3 Å². The third-order valence-corrected chi connectivity index (χ3v) is 14.1. The Labute approximate surface area is 269 Å². The molecule has 3 aromatic rings. The normalized spacial score (nSPS) is 24.3. The van der Waals surface area contributed by atoms with Gasteiger partial charge >= 0.3 is 0 Å². The summed E-state index contributed by atoms with van der Waals surface area (Å²) in [4.78, 5) is 10.9. The highest BCUT2D eigenvalue weighted by molar-refractivity contribution is 14.1. The van der Waals surface area contributed by atoms with Crippen LogP contribution in [0.1, 0.15) is 37.6 Å². The Balaban J connectivity index is 1.46. The summed E-state index contributed by atoms with van der Waals surface area (Å²) in [5.41, 5.74) is 8.57. The average Bonchev–Trinajstić information content (AvgIpc) is 3.55. The lowest BCUT2D eigenvalue weighted by Crippen LogP contribution is -2.81. The SMILES string of the molecule is C=CCOC1CC(n2cc(I)c(C(=C)N=CN(C)C)c2N=CN)OC1CO[Si]1(c2ccccc2)c2ccccc2C1(C)C. The molecule has 2 N–H and O–H groups in total. The average molecular weight is 710 g/mol. The van der Waals surface area contributed by atoms with Gasteiger partial charge in [-0.3, -0.25) is 0 Å². The molecule has 2 aliphatic rings. The van der Waals surface area contributed by atoms with Gasteiger partial charge in [0.1, 0.15) is 18.1 Å². The van der Waals surface area contributed by atoms with Crippen LogP contribution in [0.5, 0.6) is 0 Å². The number of rotatable bonds is 12. The molecule has 10 heteroatoms. The highest BCUT2D eigenvalue weighted by Gasteiger charge is 2.63. The van der Waals surface area contributed by atoms with Gasteiger partial charge in [-0.1, -0.05) is 81.1 Å². The van der Waals surface area contributed by atoms with Gasteiger partial charge in [0.15, 0.2) is 0 Å². The van der Waals surface area contributed by atoms with Crippen molar-refractivity contribution >= 4 is 65.5 Å². The van der Waals surface area contributed by atoms with E-state index in [4.69, 9.17) is 19.6 Å². The van der Waals surface area contributed by atoms with Gasteiger partial charge in [-0.25, -0.2) is 9.98 Å². The van der Waals surface area contributed by atoms with E-state index in [9.17, 15) is 0 Å². The molecule has 0 amide bonds. The molecule has 1 aromatic heterocycles. The number of aliphatic imine (C=N–C) groups is 2. The van der Waals surface area contributed by atoms with Crippen molar-refractivity contribution < 1.29 is 13.9 Å². The van der Waals surface area contributed by atoms with Crippen LogP contribution in [0.4, 0.5) is 5.82 Å². The van der Waals surface area contributed by atoms with Crippen molar-refractivity contribution in [2.24, 2.45) is 15.7 Å². The summed E-state index contributed by atoms with van der Waals surface area (Å²) in [6.45, 7) is 13.5. The zero-order valence-corrected chi connectivity index (χ0v) is 28.4. The number of nitrogens with two attached hydrogens (primary N) is 1. The number of fused-ring (bicyclic) bond motifs is 1. The first-order chi connectivity index (χ1) is 20.7. The van der Waals surface area contributed by atoms with Crippen LogP contribution in [0.15, 0.2) is 90.0 Å². The number of benzene rings is 2. The number of hydrogen-bond acceptors (Lipinski definition) is 5. The molecule has 226 valence electrons. The van der Waals surface area contributed by atoms with E-state index in [1.54, 1.807) is 12.4 Å². The Bertz CT molecular complexity index is 1540. The second kappa shape index (κ2) is 12.9. The van der Waals surface area contributed by atoms with Crippen LogP contribution in [0, 0.1) is 3.57 Å². The highest BCUT2D eigenvalue weighted by Crippen LogP contribution is 2.44. The minimum Gasteiger partial charge on any atom is -0.404 e. The number of nitrogens with zero attached hydrogens (tertiary/aromatic N) is 4. The van der Waals surface area contributed by atoms with Crippen molar-refractivity contribution in [1.29, 1.82) is 0 Å². The zero-order valence-electron chi connectivity index (χ0n) is 25.2. The lowest BCUT2D eigenvalue weighted by Gasteiger charge is -2.55. The van der Waals surface area contributed by atoms with Crippen molar-refractivity contribution in [3.8, 4) is 0 Å². The predicted octanol–water partition coefficient (Wildman–Crippen LogP) is 4.74. The summed E-state index contributed by atoms with van der Waals surface area (Å²) in [5, 5.41) is 2.48. The maximum Gasteiger partial charge on any atom is 0.266 e. The van der Waals surface area contributed by atoms with Crippen molar-refractivity contribution in [2.75, 3.05) is 27.3 Å². The molecular formula is C33H40IN5O3Si. The molecule has 4 unspecified atom stereocenters. The number of halogens is 1. The maximum atomic E-state index is 7.18. The topological polar surface area (TPSA) is 86.6 Å². The third-order valence-electron chi connectivity index (χ3n) is 8.31. The summed E-state index contributed by atoms with van der Waals surface area (Å²) in [7, 11) is 1.24. The Morgan fingerprint density at radius 3 is 2.63 bits per heavy atom. The predicted molar refractivity (Wildman–Crippen MR) is 186 cm³/mol. The molecule has 1 saturated heterocycles. The van der Waals surface area contributed by atoms with Gasteiger partial charge in [-0.2, -0.15) is 0 Å². The van der Waals surface area contributed by atoms with E-state index >= 15 is 0 Å². The fraction of sp³-hybridized carbons (Fsp3) is 0.333. The minimum atomic E-state index is -2.59. The van der Waals surface area contributed by atoms with Crippen LogP contribution in [0.25, 0.3) is 5.70 Å². The molecule has 3 heterocycles. The molecule has 8 nitrogen and oxygen atoms in total. The van der Waals surface area contributed by atoms with Gasteiger partial charge in [0, 0.05) is 35.3 Å². The van der Waals surface area contributed by atoms with Crippen molar-refractivity contribution in [1.82, 2.24) is 9.47 Å². The standard InChI is InChI=1S/C33H40IN5O3Si/c1-7-17-40-27-18-30(39-19-26(34)31(32(39)36-21-35)23(2)37-22-38(5)6)42-28(27)20-41-43(24-13-9-8-10-14-24)29-16-12-11-15-25(29)33(43,3)4/h7-16,19,21-22,27-28,30H,1-2,17-18,20H2,3-6H3,(H2,35,36). The van der Waals surface area contributed by atoms with E-state index in [-0.39, 0.29) is 23.5 Å². The molecule has 2 aromatic carbocycles. The van der Waals surface area contributed by atoms with Gasteiger partial charge in [-0.15, -0.1) is 6.58 Å². The number of hydrogen-bond donors (Lipinski definition) is 1. The molecule has 43 heavy (non-hydrogen) atoms. The first kappa shape index (κ1) is 31.4. The Hall–Kier alpha value is -3.03. The summed E-state index contributed by atoms with van der Waals surface area (Å²) < 4.78 is 23.2. The van der Waals surface area contributed by atoms with E-state index in [2.05, 4.69) is 114 Å².